The highest BCUT2D eigenvalue weighted by molar-refractivity contribution is 5.93. The van der Waals surface area contributed by atoms with Crippen LogP contribution in [-0.4, -0.2) is 37.8 Å². The Kier molecular flexibility index (Phi) is 4.83. The summed E-state index contributed by atoms with van der Waals surface area (Å²) >= 11 is 0. The molecule has 0 radical (unpaired) electrons. The standard InChI is InChI=1S/C18H23N5O2/c1-12-19-10-14(11-20-13(2)24)17(21-12)15-6-5-9-23(15)18(25)16-7-4-8-22(16)3/h4,7-8,10,15H,5-6,9,11H2,1-3H3,(H,20,24). The first-order chi connectivity index (χ1) is 12.0. The van der Waals surface area contributed by atoms with Gasteiger partial charge in [-0.05, 0) is 31.9 Å². The van der Waals surface area contributed by atoms with Crippen molar-refractivity contribution in [2.45, 2.75) is 39.3 Å². The molecule has 0 bridgehead atoms. The van der Waals surface area contributed by atoms with Gasteiger partial charge in [-0.15, -0.1) is 0 Å². The molecule has 1 saturated heterocycles. The van der Waals surface area contributed by atoms with Crippen LogP contribution in [0.5, 0.6) is 0 Å². The first kappa shape index (κ1) is 17.1. The van der Waals surface area contributed by atoms with Crippen LogP contribution in [0, 0.1) is 6.92 Å². The Hall–Kier alpha value is -2.70. The molecule has 132 valence electrons. The predicted molar refractivity (Wildman–Crippen MR) is 92.7 cm³/mol. The van der Waals surface area contributed by atoms with Gasteiger partial charge < -0.3 is 14.8 Å². The van der Waals surface area contributed by atoms with E-state index in [0.717, 1.165) is 24.1 Å². The van der Waals surface area contributed by atoms with E-state index in [1.165, 1.54) is 6.92 Å². The fourth-order valence-corrected chi connectivity index (χ4v) is 3.28. The molecule has 1 atom stereocenters. The van der Waals surface area contributed by atoms with Crippen molar-refractivity contribution in [3.63, 3.8) is 0 Å². The minimum atomic E-state index is -0.102. The Morgan fingerprint density at radius 2 is 2.20 bits per heavy atom. The Morgan fingerprint density at radius 3 is 2.88 bits per heavy atom. The minimum Gasteiger partial charge on any atom is -0.352 e. The number of carbonyl (C=O) groups is 2. The van der Waals surface area contributed by atoms with E-state index < -0.39 is 0 Å². The molecule has 0 spiro atoms. The molecule has 2 aromatic heterocycles. The van der Waals surface area contributed by atoms with Crippen LogP contribution in [0.4, 0.5) is 0 Å². The molecular formula is C18H23N5O2. The molecule has 7 nitrogen and oxygen atoms in total. The highest BCUT2D eigenvalue weighted by Gasteiger charge is 2.34. The molecule has 3 heterocycles. The van der Waals surface area contributed by atoms with Gasteiger partial charge >= 0.3 is 0 Å². The van der Waals surface area contributed by atoms with Gasteiger partial charge in [-0.2, -0.15) is 0 Å². The van der Waals surface area contributed by atoms with Crippen molar-refractivity contribution < 1.29 is 9.59 Å². The Balaban J connectivity index is 1.91. The smallest absolute Gasteiger partial charge is 0.271 e. The summed E-state index contributed by atoms with van der Waals surface area (Å²) in [5.41, 5.74) is 2.36. The first-order valence-electron chi connectivity index (χ1n) is 8.46. The summed E-state index contributed by atoms with van der Waals surface area (Å²) in [6, 6.07) is 3.61. The number of amides is 2. The lowest BCUT2D eigenvalue weighted by molar-refractivity contribution is -0.119. The first-order valence-corrected chi connectivity index (χ1v) is 8.46. The number of likely N-dealkylation sites (tertiary alicyclic amines) is 1. The van der Waals surface area contributed by atoms with E-state index in [0.29, 0.717) is 24.6 Å². The molecule has 7 heteroatoms. The van der Waals surface area contributed by atoms with Gasteiger partial charge in [0.2, 0.25) is 5.91 Å². The molecule has 3 rings (SSSR count). The maximum atomic E-state index is 13.0. The van der Waals surface area contributed by atoms with Crippen LogP contribution in [0.25, 0.3) is 0 Å². The average molecular weight is 341 g/mol. The molecule has 1 fully saturated rings. The Bertz CT molecular complexity index is 799. The van der Waals surface area contributed by atoms with E-state index in [1.807, 2.05) is 41.8 Å². The van der Waals surface area contributed by atoms with Crippen molar-refractivity contribution in [2.75, 3.05) is 6.54 Å². The van der Waals surface area contributed by atoms with E-state index in [-0.39, 0.29) is 17.9 Å². The molecule has 1 N–H and O–H groups in total. The van der Waals surface area contributed by atoms with Crippen molar-refractivity contribution in [2.24, 2.45) is 7.05 Å². The van der Waals surface area contributed by atoms with Crippen LogP contribution in [0.2, 0.25) is 0 Å². The number of carbonyl (C=O) groups excluding carboxylic acids is 2. The van der Waals surface area contributed by atoms with Gasteiger partial charge in [-0.3, -0.25) is 9.59 Å². The molecule has 25 heavy (non-hydrogen) atoms. The third kappa shape index (κ3) is 3.55. The lowest BCUT2D eigenvalue weighted by Crippen LogP contribution is -2.33. The van der Waals surface area contributed by atoms with E-state index in [9.17, 15) is 9.59 Å². The summed E-state index contributed by atoms with van der Waals surface area (Å²) in [7, 11) is 1.87. The van der Waals surface area contributed by atoms with Crippen molar-refractivity contribution in [3.8, 4) is 0 Å². The zero-order valence-corrected chi connectivity index (χ0v) is 14.8. The maximum Gasteiger partial charge on any atom is 0.271 e. The summed E-state index contributed by atoms with van der Waals surface area (Å²) in [5.74, 6) is 0.575. The molecule has 0 saturated carbocycles. The summed E-state index contributed by atoms with van der Waals surface area (Å²) in [4.78, 5) is 35.0. The number of hydrogen-bond donors (Lipinski definition) is 1. The molecule has 1 unspecified atom stereocenters. The number of nitrogens with one attached hydrogen (secondary N) is 1. The van der Waals surface area contributed by atoms with Crippen LogP contribution in [0.3, 0.4) is 0 Å². The molecule has 0 aromatic carbocycles. The monoisotopic (exact) mass is 341 g/mol. The lowest BCUT2D eigenvalue weighted by Gasteiger charge is -2.26. The largest absolute Gasteiger partial charge is 0.352 e. The molecule has 2 aromatic rings. The highest BCUT2D eigenvalue weighted by atomic mass is 16.2. The molecule has 2 amide bonds. The molecule has 1 aliphatic rings. The van der Waals surface area contributed by atoms with Gasteiger partial charge in [0.25, 0.3) is 5.91 Å². The van der Waals surface area contributed by atoms with Crippen LogP contribution in [0.1, 0.15) is 53.4 Å². The van der Waals surface area contributed by atoms with Crippen LogP contribution < -0.4 is 5.32 Å². The Labute approximate surface area is 147 Å². The van der Waals surface area contributed by atoms with E-state index >= 15 is 0 Å². The van der Waals surface area contributed by atoms with E-state index in [1.54, 1.807) is 6.20 Å². The lowest BCUT2D eigenvalue weighted by atomic mass is 10.1. The summed E-state index contributed by atoms with van der Waals surface area (Å²) in [5, 5.41) is 2.80. The van der Waals surface area contributed by atoms with Crippen molar-refractivity contribution in [1.29, 1.82) is 0 Å². The molecule has 0 aliphatic carbocycles. The van der Waals surface area contributed by atoms with E-state index in [2.05, 4.69) is 15.3 Å². The predicted octanol–water partition coefficient (Wildman–Crippen LogP) is 1.74. The zero-order valence-electron chi connectivity index (χ0n) is 14.8. The average Bonchev–Trinajstić information content (AvgIpc) is 3.21. The Morgan fingerprint density at radius 1 is 1.40 bits per heavy atom. The van der Waals surface area contributed by atoms with E-state index in [4.69, 9.17) is 0 Å². The highest BCUT2D eigenvalue weighted by Crippen LogP contribution is 2.33. The SMILES string of the molecule is CC(=O)NCc1cnc(C)nc1C1CCCN1C(=O)c1cccn1C. The van der Waals surface area contributed by atoms with Crippen LogP contribution in [-0.2, 0) is 18.4 Å². The number of aromatic nitrogens is 3. The van der Waals surface area contributed by atoms with Crippen LogP contribution in [0.15, 0.2) is 24.5 Å². The van der Waals surface area contributed by atoms with Gasteiger partial charge in [-0.1, -0.05) is 0 Å². The number of hydrogen-bond acceptors (Lipinski definition) is 4. The number of aryl methyl sites for hydroxylation is 2. The fourth-order valence-electron chi connectivity index (χ4n) is 3.28. The second-order valence-corrected chi connectivity index (χ2v) is 6.40. The van der Waals surface area contributed by atoms with Crippen molar-refractivity contribution in [1.82, 2.24) is 24.8 Å². The summed E-state index contributed by atoms with van der Waals surface area (Å²) in [6.07, 6.45) is 5.41. The van der Waals surface area contributed by atoms with Crippen molar-refractivity contribution >= 4 is 11.8 Å². The third-order valence-corrected chi connectivity index (χ3v) is 4.54. The maximum absolute atomic E-state index is 13.0. The normalized spacial score (nSPS) is 16.9. The fraction of sp³-hybridized carbons (Fsp3) is 0.444. The van der Waals surface area contributed by atoms with Crippen LogP contribution >= 0.6 is 0 Å². The summed E-state index contributed by atoms with van der Waals surface area (Å²) < 4.78 is 1.83. The topological polar surface area (TPSA) is 80.1 Å². The van der Waals surface area contributed by atoms with Gasteiger partial charge in [0.1, 0.15) is 11.5 Å². The zero-order chi connectivity index (χ0) is 18.0. The van der Waals surface area contributed by atoms with Gasteiger partial charge in [-0.25, -0.2) is 9.97 Å². The van der Waals surface area contributed by atoms with Gasteiger partial charge in [0.15, 0.2) is 0 Å². The second kappa shape index (κ2) is 7.04. The van der Waals surface area contributed by atoms with Gasteiger partial charge in [0.05, 0.1) is 11.7 Å². The quantitative estimate of drug-likeness (QED) is 0.918. The van der Waals surface area contributed by atoms with Crippen molar-refractivity contribution in [3.05, 3.63) is 47.3 Å². The van der Waals surface area contributed by atoms with Gasteiger partial charge in [0, 0.05) is 45.0 Å². The summed E-state index contributed by atoms with van der Waals surface area (Å²) in [6.45, 7) is 4.39. The minimum absolute atomic E-state index is 0.0109. The number of rotatable bonds is 4. The molecular weight excluding hydrogens is 318 g/mol. The second-order valence-electron chi connectivity index (χ2n) is 6.40. The third-order valence-electron chi connectivity index (χ3n) is 4.54. The molecule has 1 aliphatic heterocycles. The number of nitrogens with zero attached hydrogens (tertiary/aromatic N) is 4.